The number of aryl methyl sites for hydroxylation is 1. The van der Waals surface area contributed by atoms with Crippen LogP contribution in [0.1, 0.15) is 24.0 Å². The minimum atomic E-state index is -0.428. The number of thioether (sulfide) groups is 1. The van der Waals surface area contributed by atoms with Crippen molar-refractivity contribution in [1.82, 2.24) is 10.2 Å². The number of hydrogen-bond acceptors (Lipinski definition) is 5. The number of benzene rings is 1. The summed E-state index contributed by atoms with van der Waals surface area (Å²) in [5.41, 5.74) is 1.96. The van der Waals surface area contributed by atoms with Gasteiger partial charge in [0.05, 0.1) is 11.0 Å². The second kappa shape index (κ2) is 7.84. The molecule has 25 heavy (non-hydrogen) atoms. The monoisotopic (exact) mass is 360 g/mol. The third-order valence-electron chi connectivity index (χ3n) is 4.10. The molecule has 2 aliphatic heterocycles. The second-order valence-corrected chi connectivity index (χ2v) is 7.11. The van der Waals surface area contributed by atoms with E-state index < -0.39 is 11.1 Å². The zero-order valence-corrected chi connectivity index (χ0v) is 14.8. The molecule has 2 aliphatic rings. The van der Waals surface area contributed by atoms with Crippen molar-refractivity contribution in [1.29, 1.82) is 0 Å². The van der Waals surface area contributed by atoms with E-state index in [-0.39, 0.29) is 18.6 Å². The summed E-state index contributed by atoms with van der Waals surface area (Å²) in [7, 11) is 0. The summed E-state index contributed by atoms with van der Waals surface area (Å²) in [5.74, 6) is -0.780. The normalized spacial score (nSPS) is 22.0. The van der Waals surface area contributed by atoms with Crippen molar-refractivity contribution in [2.45, 2.75) is 25.9 Å². The molecule has 1 atom stereocenters. The van der Waals surface area contributed by atoms with Crippen molar-refractivity contribution < 1.29 is 19.1 Å². The topological polar surface area (TPSA) is 75.7 Å². The van der Waals surface area contributed by atoms with E-state index in [1.54, 1.807) is 6.08 Å². The van der Waals surface area contributed by atoms with Crippen LogP contribution < -0.4 is 5.32 Å². The number of imide groups is 1. The summed E-state index contributed by atoms with van der Waals surface area (Å²) in [6.07, 6.45) is 3.61. The predicted molar refractivity (Wildman–Crippen MR) is 95.8 cm³/mol. The summed E-state index contributed by atoms with van der Waals surface area (Å²) in [6, 6.07) is 7.65. The minimum Gasteiger partial charge on any atom is -0.376 e. The molecule has 132 valence electrons. The third kappa shape index (κ3) is 4.49. The quantitative estimate of drug-likeness (QED) is 0.816. The Bertz CT molecular complexity index is 708. The summed E-state index contributed by atoms with van der Waals surface area (Å²) in [6.45, 7) is 2.84. The molecule has 0 spiro atoms. The van der Waals surface area contributed by atoms with E-state index in [0.717, 1.165) is 40.6 Å². The lowest BCUT2D eigenvalue weighted by Gasteiger charge is -2.14. The van der Waals surface area contributed by atoms with Gasteiger partial charge in [-0.15, -0.1) is 0 Å². The van der Waals surface area contributed by atoms with Crippen LogP contribution in [0.3, 0.4) is 0 Å². The Morgan fingerprint density at radius 1 is 1.36 bits per heavy atom. The van der Waals surface area contributed by atoms with Gasteiger partial charge in [-0.05, 0) is 43.2 Å². The zero-order chi connectivity index (χ0) is 17.8. The van der Waals surface area contributed by atoms with Crippen LogP contribution in [0.15, 0.2) is 29.2 Å². The molecular weight excluding hydrogens is 340 g/mol. The van der Waals surface area contributed by atoms with Gasteiger partial charge in [0.2, 0.25) is 5.91 Å². The van der Waals surface area contributed by atoms with Crippen molar-refractivity contribution in [3.63, 3.8) is 0 Å². The summed E-state index contributed by atoms with van der Waals surface area (Å²) < 4.78 is 5.43. The number of carbonyl (C=O) groups is 3. The number of hydrogen-bond donors (Lipinski definition) is 1. The summed E-state index contributed by atoms with van der Waals surface area (Å²) in [4.78, 5) is 37.8. The van der Waals surface area contributed by atoms with Crippen molar-refractivity contribution >= 4 is 34.9 Å². The fraction of sp³-hybridized carbons (Fsp3) is 0.389. The van der Waals surface area contributed by atoms with Gasteiger partial charge in [-0.2, -0.15) is 0 Å². The van der Waals surface area contributed by atoms with Crippen LogP contribution in [-0.4, -0.2) is 47.8 Å². The number of nitrogens with one attached hydrogen (secondary N) is 1. The van der Waals surface area contributed by atoms with Crippen LogP contribution >= 0.6 is 11.8 Å². The maximum absolute atomic E-state index is 12.4. The molecular formula is C18H20N2O4S. The molecule has 1 aromatic carbocycles. The Kier molecular flexibility index (Phi) is 5.55. The highest BCUT2D eigenvalue weighted by Crippen LogP contribution is 2.32. The Morgan fingerprint density at radius 3 is 2.80 bits per heavy atom. The van der Waals surface area contributed by atoms with E-state index in [1.807, 2.05) is 31.2 Å². The minimum absolute atomic E-state index is 0.0281. The number of rotatable bonds is 5. The second-order valence-electron chi connectivity index (χ2n) is 6.12. The van der Waals surface area contributed by atoms with Gasteiger partial charge in [0.1, 0.15) is 6.54 Å². The predicted octanol–water partition coefficient (Wildman–Crippen LogP) is 2.33. The molecule has 3 rings (SSSR count). The zero-order valence-electron chi connectivity index (χ0n) is 14.0. The van der Waals surface area contributed by atoms with Crippen LogP contribution in [-0.2, 0) is 14.3 Å². The first-order valence-corrected chi connectivity index (χ1v) is 9.05. The van der Waals surface area contributed by atoms with Gasteiger partial charge in [0.15, 0.2) is 0 Å². The lowest BCUT2D eigenvalue weighted by atomic mass is 10.1. The molecule has 3 amide bonds. The van der Waals surface area contributed by atoms with Crippen LogP contribution in [0.25, 0.3) is 6.08 Å². The van der Waals surface area contributed by atoms with Gasteiger partial charge >= 0.3 is 0 Å². The first-order valence-electron chi connectivity index (χ1n) is 8.23. The average Bonchev–Trinajstić information content (AvgIpc) is 3.19. The van der Waals surface area contributed by atoms with Crippen molar-refractivity contribution in [2.75, 3.05) is 19.7 Å². The van der Waals surface area contributed by atoms with E-state index in [0.29, 0.717) is 18.1 Å². The first kappa shape index (κ1) is 17.7. The molecule has 6 nitrogen and oxygen atoms in total. The smallest absolute Gasteiger partial charge is 0.294 e. The van der Waals surface area contributed by atoms with E-state index in [9.17, 15) is 14.4 Å². The highest BCUT2D eigenvalue weighted by molar-refractivity contribution is 8.18. The van der Waals surface area contributed by atoms with E-state index >= 15 is 0 Å². The molecule has 0 aliphatic carbocycles. The summed E-state index contributed by atoms with van der Waals surface area (Å²) >= 11 is 0.860. The molecule has 7 heteroatoms. The van der Waals surface area contributed by atoms with Gasteiger partial charge in [-0.1, -0.05) is 29.8 Å². The maximum Gasteiger partial charge on any atom is 0.294 e. The largest absolute Gasteiger partial charge is 0.376 e. The van der Waals surface area contributed by atoms with Crippen molar-refractivity contribution in [3.05, 3.63) is 40.3 Å². The lowest BCUT2D eigenvalue weighted by molar-refractivity contribution is -0.129. The molecule has 2 heterocycles. The number of carbonyl (C=O) groups excluding carboxylic acids is 3. The SMILES string of the molecule is Cc1ccc(/C=C2\SC(=O)N(CC(=O)NC[C@@H]3CCCO3)C2=O)cc1. The molecule has 2 saturated heterocycles. The standard InChI is InChI=1S/C18H20N2O4S/c1-12-4-6-13(7-5-12)9-15-17(22)20(18(23)25-15)11-16(21)19-10-14-3-2-8-24-14/h4-7,9,14H,2-3,8,10-11H2,1H3,(H,19,21)/b15-9-/t14-/m0/s1. The van der Waals surface area contributed by atoms with E-state index in [2.05, 4.69) is 5.32 Å². The molecule has 0 aromatic heterocycles. The molecule has 1 N–H and O–H groups in total. The molecule has 0 radical (unpaired) electrons. The van der Waals surface area contributed by atoms with Crippen LogP contribution in [0.4, 0.5) is 4.79 Å². The van der Waals surface area contributed by atoms with Crippen molar-refractivity contribution in [2.24, 2.45) is 0 Å². The Balaban J connectivity index is 1.58. The fourth-order valence-electron chi connectivity index (χ4n) is 2.68. The summed E-state index contributed by atoms with van der Waals surface area (Å²) in [5, 5.41) is 2.30. The van der Waals surface area contributed by atoms with E-state index in [4.69, 9.17) is 4.74 Å². The van der Waals surface area contributed by atoms with Crippen LogP contribution in [0, 0.1) is 6.92 Å². The lowest BCUT2D eigenvalue weighted by Crippen LogP contribution is -2.41. The highest BCUT2D eigenvalue weighted by atomic mass is 32.2. The number of nitrogens with zero attached hydrogens (tertiary/aromatic N) is 1. The third-order valence-corrected chi connectivity index (χ3v) is 5.01. The van der Waals surface area contributed by atoms with Gasteiger partial charge in [-0.3, -0.25) is 19.3 Å². The van der Waals surface area contributed by atoms with Gasteiger partial charge in [0.25, 0.3) is 11.1 Å². The first-order chi connectivity index (χ1) is 12.0. The number of ether oxygens (including phenoxy) is 1. The van der Waals surface area contributed by atoms with Crippen LogP contribution in [0.5, 0.6) is 0 Å². The van der Waals surface area contributed by atoms with Gasteiger partial charge in [0, 0.05) is 13.2 Å². The van der Waals surface area contributed by atoms with E-state index in [1.165, 1.54) is 0 Å². The Morgan fingerprint density at radius 2 is 2.12 bits per heavy atom. The van der Waals surface area contributed by atoms with Gasteiger partial charge in [-0.25, -0.2) is 0 Å². The number of amides is 3. The molecule has 2 fully saturated rings. The Labute approximate surface area is 150 Å². The average molecular weight is 360 g/mol. The van der Waals surface area contributed by atoms with Crippen molar-refractivity contribution in [3.8, 4) is 0 Å². The molecule has 0 saturated carbocycles. The molecule has 0 bridgehead atoms. The Hall–Kier alpha value is -2.12. The highest BCUT2D eigenvalue weighted by Gasteiger charge is 2.36. The van der Waals surface area contributed by atoms with Crippen LogP contribution in [0.2, 0.25) is 0 Å². The molecule has 1 aromatic rings. The van der Waals surface area contributed by atoms with Gasteiger partial charge < -0.3 is 10.1 Å². The maximum atomic E-state index is 12.4. The molecule has 0 unspecified atom stereocenters. The fourth-order valence-corrected chi connectivity index (χ4v) is 3.52.